The molecule has 0 aliphatic rings. The summed E-state index contributed by atoms with van der Waals surface area (Å²) in [5.41, 5.74) is 0. The maximum absolute atomic E-state index is 10.4. The molecule has 0 amide bonds. The summed E-state index contributed by atoms with van der Waals surface area (Å²) in [5, 5.41) is 8.57. The van der Waals surface area contributed by atoms with Gasteiger partial charge in [0.1, 0.15) is 0 Å². The second kappa shape index (κ2) is 17.8. The minimum atomic E-state index is -0.652. The number of hydrogen-bond acceptors (Lipinski definition) is 1. The molecule has 0 atom stereocenters. The Bertz CT molecular complexity index is 310. The fourth-order valence-corrected chi connectivity index (χ4v) is 3.51. The molecule has 0 rings (SSSR count). The van der Waals surface area contributed by atoms with Crippen LogP contribution in [0.25, 0.3) is 0 Å². The van der Waals surface area contributed by atoms with Crippen molar-refractivity contribution in [2.45, 2.75) is 116 Å². The number of quaternary nitrogens is 1. The summed E-state index contributed by atoms with van der Waals surface area (Å²) in [6.45, 7) is 1.31. The highest BCUT2D eigenvalue weighted by molar-refractivity contribution is 5.66. The van der Waals surface area contributed by atoms with Crippen molar-refractivity contribution >= 4 is 5.97 Å². The lowest BCUT2D eigenvalue weighted by Gasteiger charge is -2.23. The molecule has 26 heavy (non-hydrogen) atoms. The Morgan fingerprint density at radius 2 is 0.808 bits per heavy atom. The van der Waals surface area contributed by atoms with Crippen LogP contribution in [0, 0.1) is 0 Å². The molecule has 0 radical (unpaired) electrons. The number of aliphatic carboxylic acids is 1. The van der Waals surface area contributed by atoms with E-state index in [0.29, 0.717) is 6.42 Å². The third-order valence-electron chi connectivity index (χ3n) is 5.22. The minimum Gasteiger partial charge on any atom is -0.481 e. The van der Waals surface area contributed by atoms with Gasteiger partial charge in [-0.3, -0.25) is 4.79 Å². The van der Waals surface area contributed by atoms with E-state index in [1.165, 1.54) is 103 Å². The Hall–Kier alpha value is -0.570. The highest BCUT2D eigenvalue weighted by Gasteiger charge is 2.05. The third kappa shape index (κ3) is 23.4. The second-order valence-electron chi connectivity index (χ2n) is 9.17. The van der Waals surface area contributed by atoms with Crippen molar-refractivity contribution in [1.82, 2.24) is 0 Å². The molecule has 0 unspecified atom stereocenters. The van der Waals surface area contributed by atoms with Gasteiger partial charge in [-0.1, -0.05) is 89.9 Å². The van der Waals surface area contributed by atoms with E-state index in [-0.39, 0.29) is 0 Å². The molecule has 0 bridgehead atoms. The fraction of sp³-hybridized carbons (Fsp3) is 0.957. The van der Waals surface area contributed by atoms with E-state index in [1.54, 1.807) is 0 Å². The second-order valence-corrected chi connectivity index (χ2v) is 9.17. The Balaban J connectivity index is 3.04. The number of carboxylic acid groups (broad SMARTS) is 1. The van der Waals surface area contributed by atoms with Gasteiger partial charge in [0.2, 0.25) is 0 Å². The smallest absolute Gasteiger partial charge is 0.303 e. The van der Waals surface area contributed by atoms with Gasteiger partial charge in [-0.2, -0.15) is 0 Å². The number of hydrogen-bond donors (Lipinski definition) is 1. The van der Waals surface area contributed by atoms with Crippen LogP contribution in [0.15, 0.2) is 0 Å². The first-order valence-electron chi connectivity index (χ1n) is 11.4. The maximum Gasteiger partial charge on any atom is 0.303 e. The molecule has 0 aromatic heterocycles. The van der Waals surface area contributed by atoms with Crippen molar-refractivity contribution in [3.05, 3.63) is 0 Å². The lowest BCUT2D eigenvalue weighted by atomic mass is 10.0. The molecule has 3 heteroatoms. The highest BCUT2D eigenvalue weighted by Crippen LogP contribution is 2.14. The van der Waals surface area contributed by atoms with E-state index in [2.05, 4.69) is 21.1 Å². The van der Waals surface area contributed by atoms with Crippen LogP contribution < -0.4 is 0 Å². The van der Waals surface area contributed by atoms with Crippen LogP contribution in [0.2, 0.25) is 0 Å². The van der Waals surface area contributed by atoms with E-state index in [4.69, 9.17) is 5.11 Å². The Kier molecular flexibility index (Phi) is 17.4. The Morgan fingerprint density at radius 1 is 0.538 bits per heavy atom. The molecule has 0 saturated heterocycles. The summed E-state index contributed by atoms with van der Waals surface area (Å²) in [5.74, 6) is -0.652. The monoisotopic (exact) mass is 370 g/mol. The van der Waals surface area contributed by atoms with E-state index in [0.717, 1.165) is 17.3 Å². The normalized spacial score (nSPS) is 11.8. The van der Waals surface area contributed by atoms with Crippen molar-refractivity contribution in [2.24, 2.45) is 0 Å². The average molecular weight is 371 g/mol. The molecule has 0 fully saturated rings. The van der Waals surface area contributed by atoms with Gasteiger partial charge in [0.25, 0.3) is 0 Å². The molecule has 0 aliphatic heterocycles. The van der Waals surface area contributed by atoms with Crippen molar-refractivity contribution in [3.8, 4) is 0 Å². The summed E-state index contributed by atoms with van der Waals surface area (Å²) in [7, 11) is 6.85. The van der Waals surface area contributed by atoms with Crippen molar-refractivity contribution in [2.75, 3.05) is 27.7 Å². The number of carbonyl (C=O) groups is 1. The SMILES string of the molecule is C[N+](C)(C)CCCCCCCCCCCCCCCCCCCC(=O)O. The van der Waals surface area contributed by atoms with Gasteiger partial charge in [-0.25, -0.2) is 0 Å². The summed E-state index contributed by atoms with van der Waals surface area (Å²) in [6, 6.07) is 0. The van der Waals surface area contributed by atoms with Gasteiger partial charge in [-0.05, 0) is 19.3 Å². The van der Waals surface area contributed by atoms with Gasteiger partial charge in [0.05, 0.1) is 27.7 Å². The van der Waals surface area contributed by atoms with E-state index in [9.17, 15) is 4.79 Å². The van der Waals surface area contributed by atoms with Gasteiger partial charge >= 0.3 is 5.97 Å². The van der Waals surface area contributed by atoms with Crippen LogP contribution >= 0.6 is 0 Å². The first-order chi connectivity index (χ1) is 12.4. The average Bonchev–Trinajstić information content (AvgIpc) is 2.55. The summed E-state index contributed by atoms with van der Waals surface area (Å²) >= 11 is 0. The predicted octanol–water partition coefficient (Wildman–Crippen LogP) is 6.80. The largest absolute Gasteiger partial charge is 0.481 e. The highest BCUT2D eigenvalue weighted by atomic mass is 16.4. The van der Waals surface area contributed by atoms with Crippen molar-refractivity contribution < 1.29 is 14.4 Å². The zero-order valence-corrected chi connectivity index (χ0v) is 18.2. The van der Waals surface area contributed by atoms with E-state index in [1.807, 2.05) is 0 Å². The lowest BCUT2D eigenvalue weighted by molar-refractivity contribution is -0.870. The van der Waals surface area contributed by atoms with Crippen LogP contribution in [-0.4, -0.2) is 43.2 Å². The molecular weight excluding hydrogens is 322 g/mol. The van der Waals surface area contributed by atoms with Crippen molar-refractivity contribution in [3.63, 3.8) is 0 Å². The van der Waals surface area contributed by atoms with Crippen LogP contribution in [-0.2, 0) is 4.79 Å². The van der Waals surface area contributed by atoms with Crippen LogP contribution in [0.1, 0.15) is 116 Å². The topological polar surface area (TPSA) is 37.3 Å². The molecule has 0 aliphatic carbocycles. The molecule has 156 valence electrons. The quantitative estimate of drug-likeness (QED) is 0.189. The summed E-state index contributed by atoms with van der Waals surface area (Å²) in [6.07, 6.45) is 23.1. The third-order valence-corrected chi connectivity index (χ3v) is 5.22. The summed E-state index contributed by atoms with van der Waals surface area (Å²) in [4.78, 5) is 10.4. The standard InChI is InChI=1S/C23H47NO2/c1-24(2,3)22-20-18-16-14-12-10-8-6-4-5-7-9-11-13-15-17-19-21-23(25)26/h4-22H2,1-3H3/p+1. The summed E-state index contributed by atoms with van der Waals surface area (Å²) < 4.78 is 1.10. The molecular formula is C23H48NO2+. The maximum atomic E-state index is 10.4. The zero-order chi connectivity index (χ0) is 19.5. The van der Waals surface area contributed by atoms with Crippen LogP contribution in [0.5, 0.6) is 0 Å². The van der Waals surface area contributed by atoms with Gasteiger partial charge in [0, 0.05) is 6.42 Å². The molecule has 3 nitrogen and oxygen atoms in total. The fourth-order valence-electron chi connectivity index (χ4n) is 3.51. The number of rotatable bonds is 20. The van der Waals surface area contributed by atoms with Crippen LogP contribution in [0.4, 0.5) is 0 Å². The molecule has 1 N–H and O–H groups in total. The minimum absolute atomic E-state index is 0.344. The predicted molar refractivity (Wildman–Crippen MR) is 114 cm³/mol. The molecule has 0 aromatic carbocycles. The van der Waals surface area contributed by atoms with Crippen molar-refractivity contribution in [1.29, 1.82) is 0 Å². The Morgan fingerprint density at radius 3 is 1.08 bits per heavy atom. The first-order valence-corrected chi connectivity index (χ1v) is 11.4. The van der Waals surface area contributed by atoms with E-state index >= 15 is 0 Å². The number of unbranched alkanes of at least 4 members (excludes halogenated alkanes) is 16. The van der Waals surface area contributed by atoms with Crippen LogP contribution in [0.3, 0.4) is 0 Å². The van der Waals surface area contributed by atoms with Gasteiger partial charge < -0.3 is 9.59 Å². The van der Waals surface area contributed by atoms with E-state index < -0.39 is 5.97 Å². The molecule has 0 aromatic rings. The Labute approximate surface area is 164 Å². The molecule has 0 heterocycles. The van der Waals surface area contributed by atoms with Gasteiger partial charge in [-0.15, -0.1) is 0 Å². The van der Waals surface area contributed by atoms with Gasteiger partial charge in [0.15, 0.2) is 0 Å². The number of carboxylic acids is 1. The molecule has 0 saturated carbocycles. The number of nitrogens with zero attached hydrogens (tertiary/aromatic N) is 1. The lowest BCUT2D eigenvalue weighted by Crippen LogP contribution is -2.35. The first kappa shape index (κ1) is 25.4. The zero-order valence-electron chi connectivity index (χ0n) is 18.2. The molecule has 0 spiro atoms.